The van der Waals surface area contributed by atoms with Gasteiger partial charge in [0, 0.05) is 23.6 Å². The molecule has 1 aromatic carbocycles. The van der Waals surface area contributed by atoms with E-state index < -0.39 is 0 Å². The van der Waals surface area contributed by atoms with Crippen molar-refractivity contribution in [1.29, 1.82) is 5.26 Å². The normalized spacial score (nSPS) is 24.0. The van der Waals surface area contributed by atoms with Crippen molar-refractivity contribution in [3.8, 4) is 6.07 Å². The Labute approximate surface area is 141 Å². The lowest BCUT2D eigenvalue weighted by Gasteiger charge is -2.11. The van der Waals surface area contributed by atoms with Crippen LogP contribution in [-0.4, -0.2) is 15.7 Å². The molecule has 0 aliphatic heterocycles. The van der Waals surface area contributed by atoms with Gasteiger partial charge in [-0.2, -0.15) is 10.4 Å². The Morgan fingerprint density at radius 1 is 1.46 bits per heavy atom. The van der Waals surface area contributed by atoms with Gasteiger partial charge in [-0.25, -0.2) is 0 Å². The van der Waals surface area contributed by atoms with Crippen LogP contribution in [0.15, 0.2) is 30.5 Å². The molecule has 0 bridgehead atoms. The number of aryl methyl sites for hydroxylation is 1. The summed E-state index contributed by atoms with van der Waals surface area (Å²) in [5.41, 5.74) is 3.13. The molecular weight excluding hydrogens is 300 g/mol. The minimum absolute atomic E-state index is 0.00803. The molecular formula is C19H20N4O. The Morgan fingerprint density at radius 2 is 2.25 bits per heavy atom. The topological polar surface area (TPSA) is 70.7 Å². The highest BCUT2D eigenvalue weighted by molar-refractivity contribution is 5.96. The molecule has 0 radical (unpaired) electrons. The number of aromatic nitrogens is 2. The second-order valence-electron chi connectivity index (χ2n) is 7.14. The van der Waals surface area contributed by atoms with Gasteiger partial charge in [0.15, 0.2) is 5.82 Å². The van der Waals surface area contributed by atoms with Crippen molar-refractivity contribution in [3.63, 3.8) is 0 Å². The fourth-order valence-electron chi connectivity index (χ4n) is 3.97. The molecule has 1 fully saturated rings. The average molecular weight is 320 g/mol. The summed E-state index contributed by atoms with van der Waals surface area (Å²) < 4.78 is 1.71. The van der Waals surface area contributed by atoms with E-state index in [0.29, 0.717) is 11.4 Å². The van der Waals surface area contributed by atoms with Crippen LogP contribution in [0, 0.1) is 17.2 Å². The van der Waals surface area contributed by atoms with Crippen LogP contribution in [0.25, 0.3) is 0 Å². The minimum Gasteiger partial charge on any atom is -0.308 e. The molecule has 4 rings (SSSR count). The summed E-state index contributed by atoms with van der Waals surface area (Å²) in [5, 5.41) is 16.5. The number of rotatable bonds is 3. The van der Waals surface area contributed by atoms with E-state index in [-0.39, 0.29) is 23.3 Å². The molecule has 5 heteroatoms. The van der Waals surface area contributed by atoms with E-state index in [4.69, 9.17) is 0 Å². The fraction of sp³-hybridized carbons (Fsp3) is 0.421. The summed E-state index contributed by atoms with van der Waals surface area (Å²) in [6, 6.07) is 10.7. The molecule has 2 atom stereocenters. The summed E-state index contributed by atoms with van der Waals surface area (Å²) >= 11 is 0. The molecule has 2 unspecified atom stereocenters. The van der Waals surface area contributed by atoms with Crippen LogP contribution >= 0.6 is 0 Å². The summed E-state index contributed by atoms with van der Waals surface area (Å²) in [6.07, 6.45) is 4.66. The molecule has 1 aromatic heterocycles. The van der Waals surface area contributed by atoms with E-state index in [2.05, 4.69) is 40.8 Å². The smallest absolute Gasteiger partial charge is 0.229 e. The SMILES string of the molecule is CC(C)n1cc(C#N)c(NC(=O)C2CC23CCc2ccccc23)n1. The Hall–Kier alpha value is -2.61. The monoisotopic (exact) mass is 320 g/mol. The number of fused-ring (bicyclic) bond motifs is 2. The predicted octanol–water partition coefficient (Wildman–Crippen LogP) is 3.18. The molecule has 1 saturated carbocycles. The maximum atomic E-state index is 12.7. The molecule has 1 amide bonds. The van der Waals surface area contributed by atoms with Crippen molar-refractivity contribution in [3.05, 3.63) is 47.2 Å². The summed E-state index contributed by atoms with van der Waals surface area (Å²) in [6.45, 7) is 3.98. The maximum Gasteiger partial charge on any atom is 0.229 e. The standard InChI is InChI=1S/C19H20N4O/c1-12(2)23-11-14(10-20)17(22-23)21-18(24)16-9-19(16)8-7-13-5-3-4-6-15(13)19/h3-6,11-12,16H,7-9H2,1-2H3,(H,21,22,24). The highest BCUT2D eigenvalue weighted by atomic mass is 16.2. The van der Waals surface area contributed by atoms with Crippen molar-refractivity contribution >= 4 is 11.7 Å². The van der Waals surface area contributed by atoms with Crippen LogP contribution in [0.1, 0.15) is 49.4 Å². The van der Waals surface area contributed by atoms with E-state index in [9.17, 15) is 10.1 Å². The molecule has 2 aliphatic carbocycles. The van der Waals surface area contributed by atoms with Crippen molar-refractivity contribution in [2.24, 2.45) is 5.92 Å². The zero-order chi connectivity index (χ0) is 16.9. The number of carbonyl (C=O) groups excluding carboxylic acids is 1. The zero-order valence-corrected chi connectivity index (χ0v) is 13.9. The van der Waals surface area contributed by atoms with Crippen LogP contribution in [0.2, 0.25) is 0 Å². The van der Waals surface area contributed by atoms with Crippen LogP contribution in [0.3, 0.4) is 0 Å². The number of amides is 1. The number of hydrogen-bond acceptors (Lipinski definition) is 3. The number of carbonyl (C=O) groups is 1. The van der Waals surface area contributed by atoms with Crippen LogP contribution in [-0.2, 0) is 16.6 Å². The average Bonchev–Trinajstić information content (AvgIpc) is 2.98. The Balaban J connectivity index is 1.55. The quantitative estimate of drug-likeness (QED) is 0.944. The lowest BCUT2D eigenvalue weighted by molar-refractivity contribution is -0.117. The van der Waals surface area contributed by atoms with Crippen molar-refractivity contribution in [2.45, 2.75) is 44.6 Å². The molecule has 2 aliphatic rings. The van der Waals surface area contributed by atoms with E-state index in [0.717, 1.165) is 19.3 Å². The second-order valence-corrected chi connectivity index (χ2v) is 7.14. The molecule has 122 valence electrons. The number of anilines is 1. The number of nitrogens with one attached hydrogen (secondary N) is 1. The molecule has 1 spiro atoms. The third-order valence-electron chi connectivity index (χ3n) is 5.41. The molecule has 2 aromatic rings. The van der Waals surface area contributed by atoms with Gasteiger partial charge >= 0.3 is 0 Å². The first-order valence-corrected chi connectivity index (χ1v) is 8.43. The van der Waals surface area contributed by atoms with Gasteiger partial charge in [0.05, 0.1) is 0 Å². The highest BCUT2D eigenvalue weighted by Gasteiger charge is 2.61. The Kier molecular flexibility index (Phi) is 3.24. The molecule has 24 heavy (non-hydrogen) atoms. The Morgan fingerprint density at radius 3 is 3.00 bits per heavy atom. The first-order chi connectivity index (χ1) is 11.5. The zero-order valence-electron chi connectivity index (χ0n) is 13.9. The van der Waals surface area contributed by atoms with Gasteiger partial charge in [0.1, 0.15) is 11.6 Å². The molecule has 1 heterocycles. The Bertz CT molecular complexity index is 860. The predicted molar refractivity (Wildman–Crippen MR) is 90.5 cm³/mol. The van der Waals surface area contributed by atoms with Crippen molar-refractivity contribution in [1.82, 2.24) is 9.78 Å². The van der Waals surface area contributed by atoms with Gasteiger partial charge in [-0.1, -0.05) is 24.3 Å². The van der Waals surface area contributed by atoms with Gasteiger partial charge in [-0.05, 0) is 44.2 Å². The van der Waals surface area contributed by atoms with Crippen molar-refractivity contribution in [2.75, 3.05) is 5.32 Å². The number of benzene rings is 1. The van der Waals surface area contributed by atoms with E-state index >= 15 is 0 Å². The summed E-state index contributed by atoms with van der Waals surface area (Å²) in [7, 11) is 0. The molecule has 5 nitrogen and oxygen atoms in total. The first kappa shape index (κ1) is 14.9. The lowest BCUT2D eigenvalue weighted by atomic mass is 9.95. The van der Waals surface area contributed by atoms with Gasteiger partial charge < -0.3 is 5.32 Å². The highest BCUT2D eigenvalue weighted by Crippen LogP contribution is 2.61. The largest absolute Gasteiger partial charge is 0.308 e. The maximum absolute atomic E-state index is 12.7. The minimum atomic E-state index is -0.0168. The van der Waals surface area contributed by atoms with Crippen LogP contribution < -0.4 is 5.32 Å². The molecule has 1 N–H and O–H groups in total. The van der Waals surface area contributed by atoms with Crippen molar-refractivity contribution < 1.29 is 4.79 Å². The fourth-order valence-corrected chi connectivity index (χ4v) is 3.97. The van der Waals surface area contributed by atoms with Gasteiger partial charge in [0.2, 0.25) is 5.91 Å². The van der Waals surface area contributed by atoms with Crippen LogP contribution in [0.4, 0.5) is 5.82 Å². The lowest BCUT2D eigenvalue weighted by Crippen LogP contribution is -2.20. The number of nitrogens with zero attached hydrogens (tertiary/aromatic N) is 3. The first-order valence-electron chi connectivity index (χ1n) is 8.43. The summed E-state index contributed by atoms with van der Waals surface area (Å²) in [4.78, 5) is 12.7. The van der Waals surface area contributed by atoms with Gasteiger partial charge in [-0.15, -0.1) is 0 Å². The van der Waals surface area contributed by atoms with Gasteiger partial charge in [0.25, 0.3) is 0 Å². The second kappa shape index (κ2) is 5.20. The van der Waals surface area contributed by atoms with Crippen LogP contribution in [0.5, 0.6) is 0 Å². The van der Waals surface area contributed by atoms with E-state index in [1.165, 1.54) is 11.1 Å². The third kappa shape index (κ3) is 2.14. The van der Waals surface area contributed by atoms with E-state index in [1.807, 2.05) is 13.8 Å². The van der Waals surface area contributed by atoms with E-state index in [1.54, 1.807) is 10.9 Å². The summed E-state index contributed by atoms with van der Waals surface area (Å²) in [5.74, 6) is 0.346. The third-order valence-corrected chi connectivity index (χ3v) is 5.41. The number of hydrogen-bond donors (Lipinski definition) is 1. The molecule has 0 saturated heterocycles. The van der Waals surface area contributed by atoms with Gasteiger partial charge in [-0.3, -0.25) is 9.48 Å². The number of nitriles is 1.